The Balaban J connectivity index is 2.12. The number of nitriles is 2. The Morgan fingerprint density at radius 3 is 2.52 bits per heavy atom. The summed E-state index contributed by atoms with van der Waals surface area (Å²) in [5.41, 5.74) is 5.15. The number of hydrogen-bond acceptors (Lipinski definition) is 6. The Kier molecular flexibility index (Phi) is 4.82. The lowest BCUT2D eigenvalue weighted by Crippen LogP contribution is -1.91. The number of fused-ring (bicyclic) bond motifs is 2. The summed E-state index contributed by atoms with van der Waals surface area (Å²) in [6.07, 6.45) is 0. The number of allylic oxidation sites excluding steroid dienone is 1. The molecule has 2 aliphatic rings. The molecule has 0 atom stereocenters. The van der Waals surface area contributed by atoms with Gasteiger partial charge in [0.1, 0.15) is 17.7 Å². The monoisotopic (exact) mass is 346 g/mol. The van der Waals surface area contributed by atoms with Gasteiger partial charge in [0.2, 0.25) is 0 Å². The van der Waals surface area contributed by atoms with Gasteiger partial charge in [0, 0.05) is 27.7 Å². The van der Waals surface area contributed by atoms with Gasteiger partial charge in [0.05, 0.1) is 0 Å². The van der Waals surface area contributed by atoms with Gasteiger partial charge < -0.3 is 0 Å². The molecule has 0 unspecified atom stereocenters. The SMILES string of the molecule is N#CC(C#N)=C1S/C=C2/CSC/C2=C\SCc2cscc21. The van der Waals surface area contributed by atoms with Crippen LogP contribution in [0.3, 0.4) is 0 Å². The van der Waals surface area contributed by atoms with Crippen molar-refractivity contribution in [2.45, 2.75) is 5.75 Å². The first-order valence-corrected chi connectivity index (χ1v) is 10.2. The summed E-state index contributed by atoms with van der Waals surface area (Å²) >= 11 is 6.85. The molecule has 104 valence electrons. The molecule has 3 heterocycles. The van der Waals surface area contributed by atoms with Crippen molar-refractivity contribution >= 4 is 51.5 Å². The minimum Gasteiger partial charge on any atom is -0.192 e. The minimum atomic E-state index is 0.207. The molecule has 0 radical (unpaired) electrons. The summed E-state index contributed by atoms with van der Waals surface area (Å²) in [6, 6.07) is 4.08. The highest BCUT2D eigenvalue weighted by Gasteiger charge is 2.19. The van der Waals surface area contributed by atoms with Gasteiger partial charge in [-0.15, -0.1) is 11.8 Å². The Morgan fingerprint density at radius 1 is 1.00 bits per heavy atom. The van der Waals surface area contributed by atoms with Gasteiger partial charge in [-0.2, -0.15) is 33.6 Å². The normalized spacial score (nSPS) is 22.7. The van der Waals surface area contributed by atoms with Crippen LogP contribution in [0.25, 0.3) is 4.91 Å². The highest BCUT2D eigenvalue weighted by Crippen LogP contribution is 2.41. The van der Waals surface area contributed by atoms with E-state index in [2.05, 4.69) is 16.2 Å². The molecule has 2 nitrogen and oxygen atoms in total. The zero-order chi connectivity index (χ0) is 14.7. The van der Waals surface area contributed by atoms with Crippen LogP contribution in [0.1, 0.15) is 11.1 Å². The van der Waals surface area contributed by atoms with Crippen LogP contribution in [-0.4, -0.2) is 11.5 Å². The van der Waals surface area contributed by atoms with E-state index in [4.69, 9.17) is 0 Å². The van der Waals surface area contributed by atoms with Gasteiger partial charge in [-0.3, -0.25) is 0 Å². The van der Waals surface area contributed by atoms with Gasteiger partial charge in [0.25, 0.3) is 0 Å². The molecule has 2 aliphatic heterocycles. The summed E-state index contributed by atoms with van der Waals surface area (Å²) < 4.78 is 0. The van der Waals surface area contributed by atoms with Gasteiger partial charge in [0.15, 0.2) is 0 Å². The first kappa shape index (κ1) is 14.9. The second-order valence-corrected chi connectivity index (χ2v) is 7.91. The maximum atomic E-state index is 9.24. The average molecular weight is 347 g/mol. The largest absolute Gasteiger partial charge is 0.192 e. The summed E-state index contributed by atoms with van der Waals surface area (Å²) in [5, 5.41) is 27.0. The quantitative estimate of drug-likeness (QED) is 0.619. The van der Waals surface area contributed by atoms with Gasteiger partial charge >= 0.3 is 0 Å². The molecule has 3 rings (SSSR count). The van der Waals surface area contributed by atoms with Crippen LogP contribution in [0, 0.1) is 22.7 Å². The van der Waals surface area contributed by atoms with E-state index in [9.17, 15) is 10.5 Å². The highest BCUT2D eigenvalue weighted by molar-refractivity contribution is 8.11. The molecular formula is C15H10N2S4. The van der Waals surface area contributed by atoms with Crippen molar-refractivity contribution in [2.24, 2.45) is 0 Å². The molecule has 1 fully saturated rings. The van der Waals surface area contributed by atoms with Crippen molar-refractivity contribution in [2.75, 3.05) is 11.5 Å². The lowest BCUT2D eigenvalue weighted by Gasteiger charge is -2.10. The Hall–Kier alpha value is -1.05. The Labute approximate surface area is 140 Å². The molecule has 6 heteroatoms. The predicted molar refractivity (Wildman–Crippen MR) is 94.8 cm³/mol. The summed E-state index contributed by atoms with van der Waals surface area (Å²) in [4.78, 5) is 0.794. The second kappa shape index (κ2) is 6.81. The fourth-order valence-electron chi connectivity index (χ4n) is 2.06. The topological polar surface area (TPSA) is 47.6 Å². The lowest BCUT2D eigenvalue weighted by atomic mass is 10.1. The zero-order valence-corrected chi connectivity index (χ0v) is 14.2. The molecule has 0 spiro atoms. The maximum absolute atomic E-state index is 9.24. The Bertz CT molecular complexity index is 724. The van der Waals surface area contributed by atoms with E-state index in [-0.39, 0.29) is 5.57 Å². The minimum absolute atomic E-state index is 0.207. The van der Waals surface area contributed by atoms with E-state index >= 15 is 0 Å². The van der Waals surface area contributed by atoms with Crippen molar-refractivity contribution in [3.8, 4) is 12.1 Å². The standard InChI is InChI=1S/C15H10N2S4/c16-1-10(2-17)15-14-9-20-7-13(14)6-19-4-11-3-18-5-12(11)8-21-15/h4,7-9H,3,5-6H2/b11-4+,12-8-. The van der Waals surface area contributed by atoms with E-state index in [1.807, 2.05) is 29.3 Å². The van der Waals surface area contributed by atoms with Crippen LogP contribution >= 0.6 is 46.6 Å². The van der Waals surface area contributed by atoms with E-state index in [0.717, 1.165) is 27.7 Å². The van der Waals surface area contributed by atoms with Crippen molar-refractivity contribution in [3.63, 3.8) is 0 Å². The average Bonchev–Trinajstić information content (AvgIpc) is 3.13. The zero-order valence-electron chi connectivity index (χ0n) is 11.0. The molecule has 0 bridgehead atoms. The van der Waals surface area contributed by atoms with Crippen molar-refractivity contribution in [3.05, 3.63) is 49.4 Å². The first-order chi connectivity index (χ1) is 10.3. The highest BCUT2D eigenvalue weighted by atomic mass is 32.2. The van der Waals surface area contributed by atoms with Crippen LogP contribution < -0.4 is 0 Å². The first-order valence-electron chi connectivity index (χ1n) is 6.18. The van der Waals surface area contributed by atoms with Crippen LogP contribution in [0.2, 0.25) is 0 Å². The molecular weight excluding hydrogens is 336 g/mol. The van der Waals surface area contributed by atoms with Crippen LogP contribution in [-0.2, 0) is 5.75 Å². The molecule has 21 heavy (non-hydrogen) atoms. The molecule has 1 saturated heterocycles. The summed E-state index contributed by atoms with van der Waals surface area (Å²) in [6.45, 7) is 0. The molecule has 0 amide bonds. The van der Waals surface area contributed by atoms with E-state index < -0.39 is 0 Å². The van der Waals surface area contributed by atoms with Crippen molar-refractivity contribution in [1.29, 1.82) is 10.5 Å². The fraction of sp³-hybridized carbons (Fsp3) is 0.200. The smallest absolute Gasteiger partial charge is 0.144 e. The molecule has 0 saturated carbocycles. The summed E-state index contributed by atoms with van der Waals surface area (Å²) in [5.74, 6) is 2.95. The van der Waals surface area contributed by atoms with Crippen LogP contribution in [0.4, 0.5) is 0 Å². The second-order valence-electron chi connectivity index (χ2n) is 4.45. The predicted octanol–water partition coefficient (Wildman–Crippen LogP) is 5.00. The number of thiophene rings is 1. The number of hydrogen-bond donors (Lipinski definition) is 0. The van der Waals surface area contributed by atoms with Gasteiger partial charge in [-0.05, 0) is 38.3 Å². The third kappa shape index (κ3) is 3.09. The molecule has 0 aromatic carbocycles. The number of nitrogens with zero attached hydrogens (tertiary/aromatic N) is 2. The number of rotatable bonds is 0. The van der Waals surface area contributed by atoms with E-state index in [1.54, 1.807) is 23.1 Å². The van der Waals surface area contributed by atoms with E-state index in [1.165, 1.54) is 28.5 Å². The molecule has 1 aromatic rings. The molecule has 1 aromatic heterocycles. The van der Waals surface area contributed by atoms with Gasteiger partial charge in [-0.1, -0.05) is 11.8 Å². The van der Waals surface area contributed by atoms with Crippen molar-refractivity contribution in [1.82, 2.24) is 0 Å². The Morgan fingerprint density at radius 2 is 1.76 bits per heavy atom. The van der Waals surface area contributed by atoms with Crippen LogP contribution in [0.15, 0.2) is 38.3 Å². The molecule has 0 aliphatic carbocycles. The lowest BCUT2D eigenvalue weighted by molar-refractivity contribution is 1.43. The van der Waals surface area contributed by atoms with Gasteiger partial charge in [-0.25, -0.2) is 0 Å². The third-order valence-electron chi connectivity index (χ3n) is 3.15. The van der Waals surface area contributed by atoms with E-state index in [0.29, 0.717) is 0 Å². The van der Waals surface area contributed by atoms with Crippen molar-refractivity contribution < 1.29 is 0 Å². The number of thioether (sulfide) groups is 3. The maximum Gasteiger partial charge on any atom is 0.144 e. The fourth-order valence-corrected chi connectivity index (χ4v) is 6.33. The molecule has 0 N–H and O–H groups in total. The summed E-state index contributed by atoms with van der Waals surface area (Å²) in [7, 11) is 0. The third-order valence-corrected chi connectivity index (χ3v) is 6.96. The van der Waals surface area contributed by atoms with Crippen LogP contribution in [0.5, 0.6) is 0 Å².